The van der Waals surface area contributed by atoms with Gasteiger partial charge in [-0.05, 0) is 73.5 Å². The zero-order valence-corrected chi connectivity index (χ0v) is 18.1. The van der Waals surface area contributed by atoms with Gasteiger partial charge in [0.15, 0.2) is 0 Å². The minimum Gasteiger partial charge on any atom is -0.497 e. The first-order chi connectivity index (χ1) is 15.4. The molecule has 0 atom stereocenters. The highest BCUT2D eigenvalue weighted by atomic mass is 16.5. The molecule has 1 aliphatic rings. The Balaban J connectivity index is 1.74. The Hall–Kier alpha value is -4.13. The normalized spacial score (nSPS) is 15.3. The standard InChI is InChI=1S/C25H23N3O4/c1-4-17-6-9-19(10-7-17)28-24(30)22(23(29)26-25(28)31)15-20-8-5-16(2)27(20)18-11-13-21(32-3)14-12-18/h5-15H,4H2,1-3H3,(H,26,29,31)/b22-15+. The van der Waals surface area contributed by atoms with Crippen LogP contribution in [0.4, 0.5) is 10.5 Å². The largest absolute Gasteiger partial charge is 0.497 e. The summed E-state index contributed by atoms with van der Waals surface area (Å²) in [4.78, 5) is 39.2. The molecule has 4 rings (SSSR count). The van der Waals surface area contributed by atoms with Crippen molar-refractivity contribution in [3.63, 3.8) is 0 Å². The lowest BCUT2D eigenvalue weighted by Gasteiger charge is -2.26. The Morgan fingerprint density at radius 2 is 1.56 bits per heavy atom. The highest BCUT2D eigenvalue weighted by Crippen LogP contribution is 2.25. The average molecular weight is 429 g/mol. The van der Waals surface area contributed by atoms with Crippen molar-refractivity contribution in [3.05, 3.63) is 83.2 Å². The van der Waals surface area contributed by atoms with Gasteiger partial charge in [-0.2, -0.15) is 0 Å². The monoisotopic (exact) mass is 429 g/mol. The highest BCUT2D eigenvalue weighted by molar-refractivity contribution is 6.39. The Kier molecular flexibility index (Phi) is 5.64. The molecule has 0 unspecified atom stereocenters. The molecule has 4 amide bonds. The first kappa shape index (κ1) is 21.1. The number of nitrogens with one attached hydrogen (secondary N) is 1. The number of carbonyl (C=O) groups is 3. The van der Waals surface area contributed by atoms with Gasteiger partial charge in [0.25, 0.3) is 11.8 Å². The number of rotatable bonds is 5. The number of aryl methyl sites for hydroxylation is 2. The summed E-state index contributed by atoms with van der Waals surface area (Å²) in [6, 6.07) is 17.5. The van der Waals surface area contributed by atoms with Gasteiger partial charge in [-0.25, -0.2) is 9.69 Å². The Morgan fingerprint density at radius 1 is 0.906 bits per heavy atom. The van der Waals surface area contributed by atoms with Crippen LogP contribution in [0.25, 0.3) is 11.8 Å². The molecular formula is C25H23N3O4. The van der Waals surface area contributed by atoms with E-state index in [1.54, 1.807) is 19.2 Å². The number of aromatic nitrogens is 1. The topological polar surface area (TPSA) is 80.6 Å². The van der Waals surface area contributed by atoms with Gasteiger partial charge in [0.2, 0.25) is 0 Å². The lowest BCUT2D eigenvalue weighted by molar-refractivity contribution is -0.122. The van der Waals surface area contributed by atoms with Crippen LogP contribution in [0.1, 0.15) is 23.9 Å². The maximum absolute atomic E-state index is 13.2. The predicted octanol–water partition coefficient (Wildman–Crippen LogP) is 4.02. The number of urea groups is 1. The Morgan fingerprint density at radius 3 is 2.19 bits per heavy atom. The summed E-state index contributed by atoms with van der Waals surface area (Å²) in [5.74, 6) is -0.659. The molecule has 7 heteroatoms. The minimum absolute atomic E-state index is 0.114. The fraction of sp³-hybridized carbons (Fsp3) is 0.160. The van der Waals surface area contributed by atoms with Gasteiger partial charge in [-0.1, -0.05) is 19.1 Å². The molecule has 7 nitrogen and oxygen atoms in total. The van der Waals surface area contributed by atoms with Gasteiger partial charge in [0, 0.05) is 17.1 Å². The van der Waals surface area contributed by atoms with E-state index in [0.717, 1.165) is 34.0 Å². The van der Waals surface area contributed by atoms with Gasteiger partial charge in [0.05, 0.1) is 12.8 Å². The van der Waals surface area contributed by atoms with E-state index in [1.807, 2.05) is 66.9 Å². The third-order valence-electron chi connectivity index (χ3n) is 5.43. The van der Waals surface area contributed by atoms with E-state index in [4.69, 9.17) is 4.74 Å². The van der Waals surface area contributed by atoms with E-state index in [1.165, 1.54) is 6.08 Å². The zero-order chi connectivity index (χ0) is 22.8. The quantitative estimate of drug-likeness (QED) is 0.491. The SMILES string of the molecule is CCc1ccc(N2C(=O)NC(=O)/C(=C\c3ccc(C)n3-c3ccc(OC)cc3)C2=O)cc1. The van der Waals surface area contributed by atoms with Crippen molar-refractivity contribution < 1.29 is 19.1 Å². The Bertz CT molecular complexity index is 1220. The molecule has 2 aromatic carbocycles. The molecule has 1 saturated heterocycles. The number of barbiturate groups is 1. The molecule has 1 aromatic heterocycles. The molecule has 1 aliphatic heterocycles. The van der Waals surface area contributed by atoms with Crippen LogP contribution in [0.15, 0.2) is 66.2 Å². The molecule has 0 aliphatic carbocycles. The fourth-order valence-electron chi connectivity index (χ4n) is 3.68. The lowest BCUT2D eigenvalue weighted by Crippen LogP contribution is -2.54. The van der Waals surface area contributed by atoms with E-state index >= 15 is 0 Å². The van der Waals surface area contributed by atoms with Crippen molar-refractivity contribution >= 4 is 29.6 Å². The van der Waals surface area contributed by atoms with E-state index < -0.39 is 17.8 Å². The molecule has 162 valence electrons. The number of methoxy groups -OCH3 is 1. The number of imide groups is 2. The third kappa shape index (κ3) is 3.80. The second kappa shape index (κ2) is 8.55. The Labute approximate surface area is 185 Å². The maximum atomic E-state index is 13.2. The first-order valence-corrected chi connectivity index (χ1v) is 10.3. The molecule has 2 heterocycles. The van der Waals surface area contributed by atoms with Crippen LogP contribution in [0.3, 0.4) is 0 Å². The van der Waals surface area contributed by atoms with E-state index in [2.05, 4.69) is 5.32 Å². The van der Waals surface area contributed by atoms with Crippen LogP contribution in [-0.4, -0.2) is 29.5 Å². The van der Waals surface area contributed by atoms with Gasteiger partial charge in [-0.15, -0.1) is 0 Å². The van der Waals surface area contributed by atoms with Crippen molar-refractivity contribution in [3.8, 4) is 11.4 Å². The molecule has 32 heavy (non-hydrogen) atoms. The molecule has 0 bridgehead atoms. The minimum atomic E-state index is -0.761. The number of benzene rings is 2. The number of hydrogen-bond acceptors (Lipinski definition) is 4. The number of nitrogens with zero attached hydrogens (tertiary/aromatic N) is 2. The van der Waals surface area contributed by atoms with Gasteiger partial charge >= 0.3 is 6.03 Å². The molecule has 3 aromatic rings. The molecule has 0 spiro atoms. The van der Waals surface area contributed by atoms with Crippen LogP contribution in [0.5, 0.6) is 5.75 Å². The molecule has 0 saturated carbocycles. The van der Waals surface area contributed by atoms with Crippen molar-refractivity contribution in [1.82, 2.24) is 9.88 Å². The van der Waals surface area contributed by atoms with Crippen LogP contribution < -0.4 is 15.0 Å². The molecule has 1 N–H and O–H groups in total. The lowest BCUT2D eigenvalue weighted by atomic mass is 10.1. The molecule has 0 radical (unpaired) electrons. The summed E-state index contributed by atoms with van der Waals surface area (Å²) in [5, 5.41) is 2.27. The van der Waals surface area contributed by atoms with Gasteiger partial charge in [-0.3, -0.25) is 14.9 Å². The van der Waals surface area contributed by atoms with Crippen LogP contribution in [0, 0.1) is 6.92 Å². The average Bonchev–Trinajstić information content (AvgIpc) is 3.17. The highest BCUT2D eigenvalue weighted by Gasteiger charge is 2.37. The molecule has 1 fully saturated rings. The zero-order valence-electron chi connectivity index (χ0n) is 18.1. The number of hydrogen-bond donors (Lipinski definition) is 1. The second-order valence-corrected chi connectivity index (χ2v) is 7.41. The second-order valence-electron chi connectivity index (χ2n) is 7.41. The summed E-state index contributed by atoms with van der Waals surface area (Å²) in [6.07, 6.45) is 2.35. The number of amides is 4. The van der Waals surface area contributed by atoms with Gasteiger partial charge in [0.1, 0.15) is 11.3 Å². The van der Waals surface area contributed by atoms with Crippen LogP contribution >= 0.6 is 0 Å². The molecular weight excluding hydrogens is 406 g/mol. The van der Waals surface area contributed by atoms with E-state index in [0.29, 0.717) is 11.4 Å². The smallest absolute Gasteiger partial charge is 0.335 e. The van der Waals surface area contributed by atoms with Crippen molar-refractivity contribution in [2.24, 2.45) is 0 Å². The van der Waals surface area contributed by atoms with E-state index in [9.17, 15) is 14.4 Å². The summed E-state index contributed by atoms with van der Waals surface area (Å²) >= 11 is 0. The number of carbonyl (C=O) groups excluding carboxylic acids is 3. The number of anilines is 1. The summed E-state index contributed by atoms with van der Waals surface area (Å²) in [5.41, 5.74) is 3.79. The third-order valence-corrected chi connectivity index (χ3v) is 5.43. The summed E-state index contributed by atoms with van der Waals surface area (Å²) < 4.78 is 7.14. The van der Waals surface area contributed by atoms with E-state index in [-0.39, 0.29) is 5.57 Å². The van der Waals surface area contributed by atoms with Crippen molar-refractivity contribution in [2.75, 3.05) is 12.0 Å². The van der Waals surface area contributed by atoms with Crippen LogP contribution in [0.2, 0.25) is 0 Å². The number of ether oxygens (including phenoxy) is 1. The maximum Gasteiger partial charge on any atom is 0.335 e. The summed E-state index contributed by atoms with van der Waals surface area (Å²) in [7, 11) is 1.60. The van der Waals surface area contributed by atoms with Gasteiger partial charge < -0.3 is 9.30 Å². The van der Waals surface area contributed by atoms with Crippen LogP contribution in [-0.2, 0) is 16.0 Å². The first-order valence-electron chi connectivity index (χ1n) is 10.3. The predicted molar refractivity (Wildman–Crippen MR) is 122 cm³/mol. The summed E-state index contributed by atoms with van der Waals surface area (Å²) in [6.45, 7) is 3.95. The fourth-order valence-corrected chi connectivity index (χ4v) is 3.68. The van der Waals surface area contributed by atoms with Crippen molar-refractivity contribution in [1.29, 1.82) is 0 Å². The van der Waals surface area contributed by atoms with Crippen molar-refractivity contribution in [2.45, 2.75) is 20.3 Å².